The van der Waals surface area contributed by atoms with Crippen molar-refractivity contribution < 1.29 is 4.74 Å². The number of unbranched alkanes of at least 4 members (excludes halogenated alkanes) is 1. The number of nitrogens with two attached hydrogens (primary N) is 1. The van der Waals surface area contributed by atoms with Crippen molar-refractivity contribution in [2.45, 2.75) is 26.2 Å². The topological polar surface area (TPSA) is 51.0 Å². The molecule has 0 aliphatic carbocycles. The number of nitrogens with one attached hydrogen (secondary N) is 1. The fraction of sp³-hybridized carbons (Fsp3) is 0.200. The highest BCUT2D eigenvalue weighted by Gasteiger charge is 2.14. The van der Waals surface area contributed by atoms with Crippen LogP contribution in [0, 0.1) is 6.92 Å². The Hall–Kier alpha value is -3.04. The van der Waals surface area contributed by atoms with Gasteiger partial charge >= 0.3 is 0 Å². The average molecular weight is 370 g/mol. The molecule has 0 amide bonds. The van der Waals surface area contributed by atoms with Crippen molar-refractivity contribution in [2.75, 3.05) is 6.54 Å². The van der Waals surface area contributed by atoms with E-state index in [1.807, 2.05) is 36.4 Å². The Morgan fingerprint density at radius 1 is 0.857 bits per heavy atom. The van der Waals surface area contributed by atoms with Crippen molar-refractivity contribution in [3.8, 4) is 22.8 Å². The lowest BCUT2D eigenvalue weighted by Crippen LogP contribution is -1.99. The van der Waals surface area contributed by atoms with E-state index >= 15 is 0 Å². The number of H-pyrrole nitrogens is 1. The number of para-hydroxylation sites is 1. The number of aromatic nitrogens is 1. The van der Waals surface area contributed by atoms with E-state index in [1.54, 1.807) is 0 Å². The zero-order chi connectivity index (χ0) is 19.3. The molecule has 0 radical (unpaired) electrons. The van der Waals surface area contributed by atoms with Gasteiger partial charge in [-0.25, -0.2) is 0 Å². The molecule has 0 fully saturated rings. The molecule has 0 bridgehead atoms. The minimum Gasteiger partial charge on any atom is -0.457 e. The third-order valence-corrected chi connectivity index (χ3v) is 5.08. The normalized spacial score (nSPS) is 11.1. The maximum atomic E-state index is 6.06. The summed E-state index contributed by atoms with van der Waals surface area (Å²) in [7, 11) is 0. The summed E-state index contributed by atoms with van der Waals surface area (Å²) >= 11 is 0. The first-order chi connectivity index (χ1) is 13.7. The first-order valence-electron chi connectivity index (χ1n) is 9.89. The molecule has 0 unspecified atom stereocenters. The summed E-state index contributed by atoms with van der Waals surface area (Å²) in [6, 6.07) is 24.9. The predicted octanol–water partition coefficient (Wildman–Crippen LogP) is 6.22. The van der Waals surface area contributed by atoms with Crippen molar-refractivity contribution in [3.63, 3.8) is 0 Å². The van der Waals surface area contributed by atoms with Crippen LogP contribution >= 0.6 is 0 Å². The lowest BCUT2D eigenvalue weighted by molar-refractivity contribution is 0.483. The Kier molecular flexibility index (Phi) is 5.45. The smallest absolute Gasteiger partial charge is 0.128 e. The standard InChI is InChI=1S/C25H26N2O/c1-18-10-12-19(13-11-18)25-22(9-5-6-16-26)23-17-21(14-15-24(23)27-25)28-20-7-3-2-4-8-20/h2-4,7-8,10-15,17,27H,5-6,9,16,26H2,1H3. The SMILES string of the molecule is Cc1ccc(-c2[nH]c3ccc(Oc4ccccc4)cc3c2CCCCN)cc1. The molecule has 0 atom stereocenters. The predicted molar refractivity (Wildman–Crippen MR) is 117 cm³/mol. The number of aromatic amines is 1. The molecule has 28 heavy (non-hydrogen) atoms. The van der Waals surface area contributed by atoms with Gasteiger partial charge in [-0.1, -0.05) is 48.0 Å². The lowest BCUT2D eigenvalue weighted by Gasteiger charge is -2.07. The Labute approximate surface area is 166 Å². The van der Waals surface area contributed by atoms with Crippen molar-refractivity contribution in [2.24, 2.45) is 5.73 Å². The second-order valence-electron chi connectivity index (χ2n) is 7.21. The van der Waals surface area contributed by atoms with E-state index < -0.39 is 0 Å². The van der Waals surface area contributed by atoms with Crippen LogP contribution in [0.2, 0.25) is 0 Å². The fourth-order valence-electron chi connectivity index (χ4n) is 3.59. The summed E-state index contributed by atoms with van der Waals surface area (Å²) in [4.78, 5) is 3.63. The lowest BCUT2D eigenvalue weighted by atomic mass is 9.99. The van der Waals surface area contributed by atoms with Gasteiger partial charge in [0.25, 0.3) is 0 Å². The van der Waals surface area contributed by atoms with E-state index in [4.69, 9.17) is 10.5 Å². The summed E-state index contributed by atoms with van der Waals surface area (Å²) in [5.74, 6) is 1.70. The summed E-state index contributed by atoms with van der Waals surface area (Å²) in [5, 5.41) is 1.22. The Balaban J connectivity index is 1.75. The number of fused-ring (bicyclic) bond motifs is 1. The van der Waals surface area contributed by atoms with Gasteiger partial charge in [-0.05, 0) is 74.2 Å². The maximum absolute atomic E-state index is 6.06. The van der Waals surface area contributed by atoms with Gasteiger partial charge in [0.2, 0.25) is 0 Å². The fourth-order valence-corrected chi connectivity index (χ4v) is 3.59. The van der Waals surface area contributed by atoms with Crippen LogP contribution in [-0.4, -0.2) is 11.5 Å². The Morgan fingerprint density at radius 2 is 1.64 bits per heavy atom. The quantitative estimate of drug-likeness (QED) is 0.380. The van der Waals surface area contributed by atoms with Gasteiger partial charge in [-0.3, -0.25) is 0 Å². The second kappa shape index (κ2) is 8.32. The third-order valence-electron chi connectivity index (χ3n) is 5.08. The highest BCUT2D eigenvalue weighted by Crippen LogP contribution is 2.34. The zero-order valence-corrected chi connectivity index (χ0v) is 16.2. The van der Waals surface area contributed by atoms with Crippen LogP contribution in [0.1, 0.15) is 24.0 Å². The molecule has 3 aromatic carbocycles. The number of hydrogen-bond donors (Lipinski definition) is 2. The summed E-state index contributed by atoms with van der Waals surface area (Å²) in [5.41, 5.74) is 11.9. The second-order valence-corrected chi connectivity index (χ2v) is 7.21. The molecule has 0 saturated carbocycles. The molecule has 1 aromatic heterocycles. The van der Waals surface area contributed by atoms with E-state index in [0.717, 1.165) is 42.8 Å². The first kappa shape index (κ1) is 18.3. The van der Waals surface area contributed by atoms with Crippen LogP contribution < -0.4 is 10.5 Å². The van der Waals surface area contributed by atoms with Crippen LogP contribution in [-0.2, 0) is 6.42 Å². The van der Waals surface area contributed by atoms with Crippen molar-refractivity contribution in [1.82, 2.24) is 4.98 Å². The van der Waals surface area contributed by atoms with Gasteiger partial charge in [0.05, 0.1) is 0 Å². The van der Waals surface area contributed by atoms with E-state index in [9.17, 15) is 0 Å². The third kappa shape index (κ3) is 3.95. The zero-order valence-electron chi connectivity index (χ0n) is 16.2. The van der Waals surface area contributed by atoms with Crippen LogP contribution in [0.4, 0.5) is 0 Å². The molecular formula is C25H26N2O. The van der Waals surface area contributed by atoms with Gasteiger partial charge in [-0.15, -0.1) is 0 Å². The number of hydrogen-bond acceptors (Lipinski definition) is 2. The summed E-state index contributed by atoms with van der Waals surface area (Å²) in [6.45, 7) is 2.84. The Morgan fingerprint density at radius 3 is 2.39 bits per heavy atom. The molecule has 4 rings (SSSR count). The van der Waals surface area contributed by atoms with Gasteiger partial charge in [0.15, 0.2) is 0 Å². The molecule has 0 aliphatic heterocycles. The van der Waals surface area contributed by atoms with E-state index in [2.05, 4.69) is 48.3 Å². The molecule has 3 heteroatoms. The van der Waals surface area contributed by atoms with Crippen molar-refractivity contribution in [1.29, 1.82) is 0 Å². The van der Waals surface area contributed by atoms with Gasteiger partial charge < -0.3 is 15.5 Å². The highest BCUT2D eigenvalue weighted by molar-refractivity contribution is 5.91. The molecule has 0 spiro atoms. The minimum absolute atomic E-state index is 0.727. The van der Waals surface area contributed by atoms with Crippen LogP contribution in [0.5, 0.6) is 11.5 Å². The summed E-state index contributed by atoms with van der Waals surface area (Å²) < 4.78 is 6.06. The first-order valence-corrected chi connectivity index (χ1v) is 9.89. The number of ether oxygens (including phenoxy) is 1. The van der Waals surface area contributed by atoms with Crippen LogP contribution in [0.3, 0.4) is 0 Å². The van der Waals surface area contributed by atoms with E-state index in [-0.39, 0.29) is 0 Å². The molecule has 4 aromatic rings. The van der Waals surface area contributed by atoms with E-state index in [1.165, 1.54) is 27.8 Å². The largest absolute Gasteiger partial charge is 0.457 e. The van der Waals surface area contributed by atoms with Crippen LogP contribution in [0.25, 0.3) is 22.2 Å². The molecule has 0 saturated heterocycles. The van der Waals surface area contributed by atoms with E-state index in [0.29, 0.717) is 0 Å². The number of benzene rings is 3. The average Bonchev–Trinajstić information content (AvgIpc) is 3.07. The summed E-state index contributed by atoms with van der Waals surface area (Å²) in [6.07, 6.45) is 3.10. The monoisotopic (exact) mass is 370 g/mol. The molecule has 3 nitrogen and oxygen atoms in total. The number of aryl methyl sites for hydroxylation is 2. The molecule has 1 heterocycles. The molecule has 0 aliphatic rings. The van der Waals surface area contributed by atoms with Gasteiger partial charge in [0, 0.05) is 16.6 Å². The van der Waals surface area contributed by atoms with Crippen molar-refractivity contribution >= 4 is 10.9 Å². The van der Waals surface area contributed by atoms with Gasteiger partial charge in [-0.2, -0.15) is 0 Å². The Bertz CT molecular complexity index is 1050. The van der Waals surface area contributed by atoms with Gasteiger partial charge in [0.1, 0.15) is 11.5 Å². The molecule has 3 N–H and O–H groups in total. The van der Waals surface area contributed by atoms with Crippen LogP contribution in [0.15, 0.2) is 72.8 Å². The van der Waals surface area contributed by atoms with Crippen molar-refractivity contribution in [3.05, 3.63) is 83.9 Å². The molecule has 142 valence electrons. The highest BCUT2D eigenvalue weighted by atomic mass is 16.5. The maximum Gasteiger partial charge on any atom is 0.128 e. The number of rotatable bonds is 7. The minimum atomic E-state index is 0.727. The molecular weight excluding hydrogens is 344 g/mol.